The molecule has 2 aromatic carbocycles. The van der Waals surface area contributed by atoms with Crippen LogP contribution in [-0.4, -0.2) is 28.6 Å². The number of aliphatic hydroxyl groups excluding tert-OH is 1. The van der Waals surface area contributed by atoms with Crippen molar-refractivity contribution in [2.75, 3.05) is 12.3 Å². The predicted molar refractivity (Wildman–Crippen MR) is 128 cm³/mol. The Morgan fingerprint density at radius 3 is 2.55 bits per heavy atom. The lowest BCUT2D eigenvalue weighted by Gasteiger charge is -2.19. The highest BCUT2D eigenvalue weighted by atomic mass is 35.5. The molecule has 4 N–H and O–H groups in total. The van der Waals surface area contributed by atoms with Crippen LogP contribution >= 0.6 is 23.2 Å². The molecule has 1 aromatic heterocycles. The van der Waals surface area contributed by atoms with E-state index in [1.54, 1.807) is 43.5 Å². The van der Waals surface area contributed by atoms with Crippen LogP contribution in [0.15, 0.2) is 48.7 Å². The summed E-state index contributed by atoms with van der Waals surface area (Å²) >= 11 is 12.3. The van der Waals surface area contributed by atoms with Crippen LogP contribution in [0.4, 0.5) is 10.2 Å². The number of nitrogens with zero attached hydrogens (tertiary/aromatic N) is 1. The number of aromatic nitrogens is 1. The minimum atomic E-state index is -0.691. The zero-order valence-electron chi connectivity index (χ0n) is 18.1. The topological polar surface area (TPSA) is 97.5 Å². The van der Waals surface area contributed by atoms with Crippen LogP contribution in [0.1, 0.15) is 42.3 Å². The standard InChI is InChI=1S/C24H24Cl2FN3O3/c1-3-17(12-31)30-24(32)15-6-4-14(5-7-15)16-10-20(23(28)29-11-16)33-13(2)21-18(25)8-9-19(27)22(21)26/h4-11,13,17,31H,3,12H2,1-2H3,(H2,28,29)(H,30,32)/t13-,17+/m0/s1. The largest absolute Gasteiger partial charge is 0.482 e. The maximum absolute atomic E-state index is 13.9. The van der Waals surface area contributed by atoms with Crippen LogP contribution in [0.25, 0.3) is 11.1 Å². The average molecular weight is 492 g/mol. The number of hydrogen-bond donors (Lipinski definition) is 3. The molecule has 3 rings (SSSR count). The molecule has 0 saturated carbocycles. The summed E-state index contributed by atoms with van der Waals surface area (Å²) in [5.41, 5.74) is 8.26. The number of carbonyl (C=O) groups excluding carboxylic acids is 1. The van der Waals surface area contributed by atoms with Crippen LogP contribution in [0, 0.1) is 5.82 Å². The van der Waals surface area contributed by atoms with E-state index < -0.39 is 11.9 Å². The fourth-order valence-corrected chi connectivity index (χ4v) is 3.91. The number of rotatable bonds is 8. The second kappa shape index (κ2) is 10.8. The molecule has 0 radical (unpaired) electrons. The van der Waals surface area contributed by atoms with E-state index in [1.807, 2.05) is 6.92 Å². The summed E-state index contributed by atoms with van der Waals surface area (Å²) in [5.74, 6) is -0.425. The van der Waals surface area contributed by atoms with Gasteiger partial charge in [0.15, 0.2) is 11.6 Å². The van der Waals surface area contributed by atoms with E-state index >= 15 is 0 Å². The maximum atomic E-state index is 13.9. The van der Waals surface area contributed by atoms with Gasteiger partial charge in [-0.3, -0.25) is 4.79 Å². The molecule has 1 amide bonds. The highest BCUT2D eigenvalue weighted by Gasteiger charge is 2.20. The Kier molecular flexibility index (Phi) is 8.13. The molecule has 2 atom stereocenters. The van der Waals surface area contributed by atoms with Crippen molar-refractivity contribution < 1.29 is 19.0 Å². The molecule has 0 aliphatic carbocycles. The molecule has 3 aromatic rings. The first-order valence-corrected chi connectivity index (χ1v) is 11.1. The lowest BCUT2D eigenvalue weighted by molar-refractivity contribution is 0.0915. The second-order valence-electron chi connectivity index (χ2n) is 7.46. The number of halogens is 3. The Hall–Kier alpha value is -2.87. The highest BCUT2D eigenvalue weighted by molar-refractivity contribution is 6.36. The van der Waals surface area contributed by atoms with Gasteiger partial charge in [-0.05, 0) is 49.2 Å². The van der Waals surface area contributed by atoms with Crippen molar-refractivity contribution in [3.05, 3.63) is 75.7 Å². The number of anilines is 1. The number of aliphatic hydroxyl groups is 1. The lowest BCUT2D eigenvalue weighted by Crippen LogP contribution is -2.36. The van der Waals surface area contributed by atoms with Crippen molar-refractivity contribution in [3.8, 4) is 16.9 Å². The fraction of sp³-hybridized carbons (Fsp3) is 0.250. The summed E-state index contributed by atoms with van der Waals surface area (Å²) < 4.78 is 19.8. The predicted octanol–water partition coefficient (Wildman–Crippen LogP) is 5.42. The van der Waals surface area contributed by atoms with Crippen LogP contribution in [0.5, 0.6) is 5.75 Å². The van der Waals surface area contributed by atoms with Gasteiger partial charge >= 0.3 is 0 Å². The van der Waals surface area contributed by atoms with Crippen LogP contribution in [-0.2, 0) is 0 Å². The Balaban J connectivity index is 1.82. The Morgan fingerprint density at radius 2 is 1.91 bits per heavy atom. The van der Waals surface area contributed by atoms with Crippen molar-refractivity contribution in [2.24, 2.45) is 0 Å². The maximum Gasteiger partial charge on any atom is 0.251 e. The summed E-state index contributed by atoms with van der Waals surface area (Å²) in [6, 6.07) is 10.9. The van der Waals surface area contributed by atoms with E-state index in [1.165, 1.54) is 12.1 Å². The number of carbonyl (C=O) groups is 1. The van der Waals surface area contributed by atoms with E-state index in [0.717, 1.165) is 5.56 Å². The number of pyridine rings is 1. The van der Waals surface area contributed by atoms with E-state index in [4.69, 9.17) is 33.7 Å². The molecule has 0 unspecified atom stereocenters. The van der Waals surface area contributed by atoms with Crippen molar-refractivity contribution in [2.45, 2.75) is 32.4 Å². The molecule has 33 heavy (non-hydrogen) atoms. The minimum Gasteiger partial charge on any atom is -0.482 e. The van der Waals surface area contributed by atoms with Gasteiger partial charge in [0.1, 0.15) is 11.9 Å². The third-order valence-corrected chi connectivity index (χ3v) is 5.91. The number of nitrogens with two attached hydrogens (primary N) is 1. The number of nitrogen functional groups attached to an aromatic ring is 1. The summed E-state index contributed by atoms with van der Waals surface area (Å²) in [5, 5.41) is 12.2. The van der Waals surface area contributed by atoms with Gasteiger partial charge in [-0.15, -0.1) is 0 Å². The summed E-state index contributed by atoms with van der Waals surface area (Å²) in [6.45, 7) is 3.45. The van der Waals surface area contributed by atoms with Crippen molar-refractivity contribution in [1.82, 2.24) is 10.3 Å². The van der Waals surface area contributed by atoms with Gasteiger partial charge in [0, 0.05) is 27.9 Å². The zero-order valence-corrected chi connectivity index (χ0v) is 19.6. The third-order valence-electron chi connectivity index (χ3n) is 5.20. The summed E-state index contributed by atoms with van der Waals surface area (Å²) in [6.07, 6.45) is 1.53. The van der Waals surface area contributed by atoms with Crippen molar-refractivity contribution in [3.63, 3.8) is 0 Å². The molecule has 0 saturated heterocycles. The van der Waals surface area contributed by atoms with Gasteiger partial charge in [-0.1, -0.05) is 42.3 Å². The minimum absolute atomic E-state index is 0.113. The molecule has 6 nitrogen and oxygen atoms in total. The Bertz CT molecular complexity index is 1140. The molecule has 0 aliphatic heterocycles. The number of ether oxygens (including phenoxy) is 1. The third kappa shape index (κ3) is 5.74. The lowest BCUT2D eigenvalue weighted by atomic mass is 10.0. The van der Waals surface area contributed by atoms with E-state index in [2.05, 4.69) is 10.3 Å². The van der Waals surface area contributed by atoms with E-state index in [0.29, 0.717) is 23.1 Å². The van der Waals surface area contributed by atoms with Gasteiger partial charge in [0.05, 0.1) is 17.7 Å². The first kappa shape index (κ1) is 24.8. The molecule has 0 fully saturated rings. The van der Waals surface area contributed by atoms with Crippen molar-refractivity contribution >= 4 is 34.9 Å². The molecule has 0 bridgehead atoms. The first-order valence-electron chi connectivity index (χ1n) is 10.3. The van der Waals surface area contributed by atoms with Gasteiger partial charge in [0.2, 0.25) is 0 Å². The fourth-order valence-electron chi connectivity index (χ4n) is 3.23. The summed E-state index contributed by atoms with van der Waals surface area (Å²) in [7, 11) is 0. The Labute approximate surface area is 201 Å². The molecule has 0 aliphatic rings. The van der Waals surface area contributed by atoms with E-state index in [-0.39, 0.29) is 40.2 Å². The second-order valence-corrected chi connectivity index (χ2v) is 8.25. The Morgan fingerprint density at radius 1 is 1.21 bits per heavy atom. The zero-order chi connectivity index (χ0) is 24.1. The van der Waals surface area contributed by atoms with Crippen LogP contribution in [0.3, 0.4) is 0 Å². The normalized spacial score (nSPS) is 12.8. The number of amides is 1. The average Bonchev–Trinajstić information content (AvgIpc) is 2.81. The van der Waals surface area contributed by atoms with E-state index in [9.17, 15) is 14.3 Å². The molecule has 0 spiro atoms. The van der Waals surface area contributed by atoms with Gasteiger partial charge in [-0.25, -0.2) is 9.37 Å². The van der Waals surface area contributed by atoms with Gasteiger partial charge < -0.3 is 20.9 Å². The van der Waals surface area contributed by atoms with Gasteiger partial charge in [-0.2, -0.15) is 0 Å². The van der Waals surface area contributed by atoms with Crippen molar-refractivity contribution in [1.29, 1.82) is 0 Å². The molecule has 9 heteroatoms. The highest BCUT2D eigenvalue weighted by Crippen LogP contribution is 2.37. The SMILES string of the molecule is CC[C@H](CO)NC(=O)c1ccc(-c2cnc(N)c(O[C@@H](C)c3c(Cl)ccc(F)c3Cl)c2)cc1. The first-order chi connectivity index (χ1) is 15.7. The molecule has 1 heterocycles. The van der Waals surface area contributed by atoms with Crippen LogP contribution in [0.2, 0.25) is 10.0 Å². The summed E-state index contributed by atoms with van der Waals surface area (Å²) in [4.78, 5) is 16.5. The monoisotopic (exact) mass is 491 g/mol. The number of nitrogens with one attached hydrogen (secondary N) is 1. The van der Waals surface area contributed by atoms with Gasteiger partial charge in [0.25, 0.3) is 5.91 Å². The number of benzene rings is 2. The van der Waals surface area contributed by atoms with Crippen LogP contribution < -0.4 is 15.8 Å². The molecular formula is C24H24Cl2FN3O3. The smallest absolute Gasteiger partial charge is 0.251 e. The molecular weight excluding hydrogens is 468 g/mol. The molecule has 174 valence electrons. The number of hydrogen-bond acceptors (Lipinski definition) is 5. The quantitative estimate of drug-likeness (QED) is 0.365.